The van der Waals surface area contributed by atoms with Crippen LogP contribution in [0.4, 0.5) is 22.7 Å². The summed E-state index contributed by atoms with van der Waals surface area (Å²) in [5.41, 5.74) is 4.68. The number of amides is 5. The molecule has 2 atom stereocenters. The van der Waals surface area contributed by atoms with Crippen molar-refractivity contribution in [2.24, 2.45) is 17.3 Å². The van der Waals surface area contributed by atoms with Gasteiger partial charge in [0, 0.05) is 86.5 Å². The van der Waals surface area contributed by atoms with E-state index in [4.69, 9.17) is 18.2 Å². The van der Waals surface area contributed by atoms with Gasteiger partial charge in [0.2, 0.25) is 17.5 Å². The zero-order valence-corrected chi connectivity index (χ0v) is 31.3. The van der Waals surface area contributed by atoms with Gasteiger partial charge in [0.25, 0.3) is 17.7 Å². The van der Waals surface area contributed by atoms with Gasteiger partial charge in [-0.25, -0.2) is 9.83 Å². The highest BCUT2D eigenvalue weighted by Crippen LogP contribution is 2.46. The number of hydrogen-bond acceptors (Lipinski definition) is 9. The minimum absolute atomic E-state index is 0.0523. The van der Waals surface area contributed by atoms with E-state index in [2.05, 4.69) is 36.8 Å². The Balaban J connectivity index is 0.745. The van der Waals surface area contributed by atoms with Gasteiger partial charge in [0.1, 0.15) is 11.7 Å². The Kier molecular flexibility index (Phi) is 8.57. The van der Waals surface area contributed by atoms with Crippen molar-refractivity contribution in [3.63, 3.8) is 0 Å². The average molecular weight is 761 g/mol. The molecule has 2 aromatic carbocycles. The molecule has 0 aliphatic carbocycles. The lowest BCUT2D eigenvalue weighted by Gasteiger charge is -2.51. The Bertz CT molecular complexity index is 2170. The number of pyridine rings is 1. The van der Waals surface area contributed by atoms with Crippen molar-refractivity contribution in [3.8, 4) is 0 Å². The second kappa shape index (κ2) is 13.4. The second-order valence-corrected chi connectivity index (χ2v) is 16.5. The lowest BCUT2D eigenvalue weighted by Crippen LogP contribution is -2.61. The molecule has 0 bridgehead atoms. The third-order valence-electron chi connectivity index (χ3n) is 12.9. The zero-order valence-electron chi connectivity index (χ0n) is 30.5. The van der Waals surface area contributed by atoms with Crippen LogP contribution in [-0.4, -0.2) is 102 Å². The first-order chi connectivity index (χ1) is 26.5. The van der Waals surface area contributed by atoms with Crippen LogP contribution in [0.3, 0.4) is 0 Å². The van der Waals surface area contributed by atoms with Gasteiger partial charge in [-0.1, -0.05) is 17.7 Å². The van der Waals surface area contributed by atoms with Gasteiger partial charge < -0.3 is 19.6 Å². The molecule has 1 aromatic heterocycles. The fourth-order valence-corrected chi connectivity index (χ4v) is 9.76. The number of rotatable bonds is 6. The van der Waals surface area contributed by atoms with Crippen molar-refractivity contribution in [2.75, 3.05) is 60.5 Å². The Morgan fingerprint density at radius 2 is 1.60 bits per heavy atom. The van der Waals surface area contributed by atoms with Gasteiger partial charge in [0.15, 0.2) is 0 Å². The fourth-order valence-electron chi connectivity index (χ4n) is 9.55. The van der Waals surface area contributed by atoms with E-state index in [0.717, 1.165) is 73.9 Å². The van der Waals surface area contributed by atoms with Crippen LogP contribution in [0.5, 0.6) is 0 Å². The van der Waals surface area contributed by atoms with Gasteiger partial charge in [0.05, 0.1) is 29.6 Å². The molecule has 5 amide bonds. The van der Waals surface area contributed by atoms with Crippen molar-refractivity contribution < 1.29 is 24.0 Å². The number of piperidine rings is 2. The van der Waals surface area contributed by atoms with E-state index in [1.807, 2.05) is 47.5 Å². The van der Waals surface area contributed by atoms with Crippen LogP contribution in [-0.2, 0) is 9.59 Å². The quantitative estimate of drug-likeness (QED) is 0.279. The Morgan fingerprint density at radius 1 is 0.891 bits per heavy atom. The summed E-state index contributed by atoms with van der Waals surface area (Å²) in [7, 11) is 0. The molecular formula is C41H41ClN8O5. The molecule has 1 N–H and O–H groups in total. The minimum atomic E-state index is -0.986. The van der Waals surface area contributed by atoms with E-state index in [1.165, 1.54) is 0 Å². The summed E-state index contributed by atoms with van der Waals surface area (Å²) in [5.74, 6) is -1.30. The highest BCUT2D eigenvalue weighted by Gasteiger charge is 2.47. The van der Waals surface area contributed by atoms with Crippen LogP contribution in [0.2, 0.25) is 5.02 Å². The Hall–Kier alpha value is -5.48. The molecule has 9 rings (SSSR count). The summed E-state index contributed by atoms with van der Waals surface area (Å²) in [6.07, 6.45) is 5.30. The SMILES string of the molecule is [C-]#[N+]c1ccc(N2CC3(CCN(c4ccc(C(=O)N5CC(C6CN(c7ccc8c(c7)C(=O)N(C7CCC(=O)NC7=O)C8=O)C6)C5)nc4)CC3)C[C@@H]2C)cc1Cl. The van der Waals surface area contributed by atoms with E-state index < -0.39 is 29.7 Å². The zero-order chi connectivity index (χ0) is 38.2. The van der Waals surface area contributed by atoms with Crippen LogP contribution in [0, 0.1) is 23.8 Å². The monoisotopic (exact) mass is 760 g/mol. The highest BCUT2D eigenvalue weighted by molar-refractivity contribution is 6.33. The third-order valence-corrected chi connectivity index (χ3v) is 13.2. The average Bonchev–Trinajstić information content (AvgIpc) is 3.59. The van der Waals surface area contributed by atoms with Crippen molar-refractivity contribution in [2.45, 2.75) is 51.1 Å². The molecule has 0 saturated carbocycles. The highest BCUT2D eigenvalue weighted by atomic mass is 35.5. The summed E-state index contributed by atoms with van der Waals surface area (Å²) in [6, 6.07) is 14.2. The van der Waals surface area contributed by atoms with E-state index in [-0.39, 0.29) is 35.3 Å². The topological polar surface area (TPSA) is 131 Å². The number of hydrogen-bond donors (Lipinski definition) is 1. The number of imide groups is 2. The lowest BCUT2D eigenvalue weighted by atomic mass is 9.76. The largest absolute Gasteiger partial charge is 0.371 e. The number of anilines is 3. The number of fused-ring (bicyclic) bond motifs is 1. The first kappa shape index (κ1) is 35.2. The summed E-state index contributed by atoms with van der Waals surface area (Å²) in [6.45, 7) is 15.3. The predicted molar refractivity (Wildman–Crippen MR) is 205 cm³/mol. The van der Waals surface area contributed by atoms with Crippen LogP contribution in [0.15, 0.2) is 54.7 Å². The van der Waals surface area contributed by atoms with Crippen LogP contribution < -0.4 is 20.0 Å². The minimum Gasteiger partial charge on any atom is -0.371 e. The number of aromatic nitrogens is 1. The number of carbonyl (C=O) groups excluding carboxylic acids is 5. The van der Waals surface area contributed by atoms with Crippen molar-refractivity contribution >= 4 is 63.9 Å². The van der Waals surface area contributed by atoms with Crippen LogP contribution >= 0.6 is 11.6 Å². The first-order valence-electron chi connectivity index (χ1n) is 19.1. The number of likely N-dealkylation sites (tertiary alicyclic amines) is 1. The molecule has 1 spiro atoms. The number of halogens is 1. The molecule has 7 heterocycles. The second-order valence-electron chi connectivity index (χ2n) is 16.1. The van der Waals surface area contributed by atoms with E-state index in [9.17, 15) is 24.0 Å². The summed E-state index contributed by atoms with van der Waals surface area (Å²) < 4.78 is 0. The smallest absolute Gasteiger partial charge is 0.272 e. The first-order valence-corrected chi connectivity index (χ1v) is 19.4. The molecule has 5 saturated heterocycles. The fraction of sp³-hybridized carbons (Fsp3) is 0.439. The van der Waals surface area contributed by atoms with Crippen molar-refractivity contribution in [1.29, 1.82) is 0 Å². The Labute approximate surface area is 324 Å². The maximum absolute atomic E-state index is 13.3. The molecular weight excluding hydrogens is 720 g/mol. The standard InChI is InChI=1S/C41H41ClN8O5/c1-24-17-41(23-49(24)28-4-7-33(43-2)32(42)16-28)11-13-46(14-12-41)29-5-8-34(44-18-29)40(55)48-21-26(22-48)25-19-47(20-25)27-3-6-30-31(15-27)39(54)50(38(30)53)35-9-10-36(51)45-37(35)52/h3-8,15-16,18,24-26,35H,9-14,17,19-23H2,1H3,(H,45,51,52)/t24-,35?/m0/s1. The summed E-state index contributed by atoms with van der Waals surface area (Å²) in [5, 5.41) is 2.73. The maximum Gasteiger partial charge on any atom is 0.272 e. The lowest BCUT2D eigenvalue weighted by molar-refractivity contribution is -0.136. The van der Waals surface area contributed by atoms with E-state index in [1.54, 1.807) is 12.1 Å². The molecule has 1 unspecified atom stereocenters. The van der Waals surface area contributed by atoms with Crippen molar-refractivity contribution in [1.82, 2.24) is 20.1 Å². The van der Waals surface area contributed by atoms with Gasteiger partial charge in [-0.15, -0.1) is 0 Å². The predicted octanol–water partition coefficient (Wildman–Crippen LogP) is 4.78. The molecule has 0 radical (unpaired) electrons. The molecule has 6 aliphatic rings. The third kappa shape index (κ3) is 6.07. The number of carbonyl (C=O) groups is 5. The van der Waals surface area contributed by atoms with Crippen molar-refractivity contribution in [3.05, 3.63) is 88.0 Å². The van der Waals surface area contributed by atoms with Gasteiger partial charge >= 0.3 is 0 Å². The summed E-state index contributed by atoms with van der Waals surface area (Å²) >= 11 is 6.37. The van der Waals surface area contributed by atoms with E-state index >= 15 is 0 Å². The van der Waals surface area contributed by atoms with Crippen LogP contribution in [0.25, 0.3) is 4.85 Å². The van der Waals surface area contributed by atoms with Gasteiger partial charge in [-0.3, -0.25) is 34.2 Å². The van der Waals surface area contributed by atoms with Crippen LogP contribution in [0.1, 0.15) is 70.2 Å². The van der Waals surface area contributed by atoms with Gasteiger partial charge in [-0.2, -0.15) is 0 Å². The maximum atomic E-state index is 13.3. The molecule has 14 heteroatoms. The summed E-state index contributed by atoms with van der Waals surface area (Å²) in [4.78, 5) is 81.5. The molecule has 13 nitrogen and oxygen atoms in total. The number of benzene rings is 2. The number of nitrogens with zero attached hydrogens (tertiary/aromatic N) is 7. The molecule has 282 valence electrons. The number of nitrogens with one attached hydrogen (secondary N) is 1. The molecule has 3 aromatic rings. The molecule has 6 aliphatic heterocycles. The molecule has 5 fully saturated rings. The van der Waals surface area contributed by atoms with Gasteiger partial charge in [-0.05, 0) is 80.5 Å². The normalized spacial score (nSPS) is 23.8. The Morgan fingerprint density at radius 3 is 2.29 bits per heavy atom. The molecule has 55 heavy (non-hydrogen) atoms. The van der Waals surface area contributed by atoms with E-state index in [0.29, 0.717) is 47.4 Å².